The van der Waals surface area contributed by atoms with Crippen molar-refractivity contribution < 1.29 is 13.2 Å². The molecule has 0 amide bonds. The van der Waals surface area contributed by atoms with Gasteiger partial charge in [-0.25, -0.2) is 9.97 Å². The molecule has 0 aliphatic rings. The van der Waals surface area contributed by atoms with Gasteiger partial charge in [-0.15, -0.1) is 0 Å². The van der Waals surface area contributed by atoms with Crippen LogP contribution in [0.3, 0.4) is 0 Å². The minimum atomic E-state index is -4.55. The Labute approximate surface area is 92.7 Å². The fourth-order valence-electron chi connectivity index (χ4n) is 1.08. The van der Waals surface area contributed by atoms with E-state index >= 15 is 0 Å². The van der Waals surface area contributed by atoms with Crippen LogP contribution in [0.15, 0.2) is 24.8 Å². The summed E-state index contributed by atoms with van der Waals surface area (Å²) in [5, 5.41) is -0.460. The Bertz CT molecular complexity index is 494. The standard InChI is InChI=1S/C8H4ClF3N4/c9-7-14-5(8(10,11)12)3-6(15-7)16-2-1-13-4-16/h1-4H. The van der Waals surface area contributed by atoms with Crippen LogP contribution in [0.1, 0.15) is 5.69 Å². The monoisotopic (exact) mass is 248 g/mol. The number of rotatable bonds is 1. The second kappa shape index (κ2) is 3.75. The Balaban J connectivity index is 2.53. The first kappa shape index (κ1) is 10.9. The Hall–Kier alpha value is -1.63. The highest BCUT2D eigenvalue weighted by Crippen LogP contribution is 2.29. The van der Waals surface area contributed by atoms with Crippen molar-refractivity contribution in [3.05, 3.63) is 35.8 Å². The van der Waals surface area contributed by atoms with Crippen molar-refractivity contribution in [3.8, 4) is 5.82 Å². The van der Waals surface area contributed by atoms with Crippen LogP contribution >= 0.6 is 11.6 Å². The smallest absolute Gasteiger partial charge is 0.290 e. The molecule has 0 unspecified atom stereocenters. The molecule has 0 spiro atoms. The van der Waals surface area contributed by atoms with Gasteiger partial charge in [0.05, 0.1) is 0 Å². The summed E-state index contributed by atoms with van der Waals surface area (Å²) in [6.45, 7) is 0. The quantitative estimate of drug-likeness (QED) is 0.728. The van der Waals surface area contributed by atoms with E-state index in [1.165, 1.54) is 23.3 Å². The molecule has 2 aromatic rings. The number of halogens is 4. The van der Waals surface area contributed by atoms with Crippen LogP contribution < -0.4 is 0 Å². The fraction of sp³-hybridized carbons (Fsp3) is 0.125. The molecule has 0 radical (unpaired) electrons. The third kappa shape index (κ3) is 2.13. The SMILES string of the molecule is FC(F)(F)c1cc(-n2ccnc2)nc(Cl)n1. The Morgan fingerprint density at radius 3 is 2.56 bits per heavy atom. The maximum absolute atomic E-state index is 12.4. The number of alkyl halides is 3. The maximum Gasteiger partial charge on any atom is 0.433 e. The highest BCUT2D eigenvalue weighted by molar-refractivity contribution is 6.28. The number of hydrogen-bond acceptors (Lipinski definition) is 3. The molecule has 84 valence electrons. The fourth-order valence-corrected chi connectivity index (χ4v) is 1.26. The van der Waals surface area contributed by atoms with Crippen molar-refractivity contribution in [3.63, 3.8) is 0 Å². The van der Waals surface area contributed by atoms with E-state index in [9.17, 15) is 13.2 Å². The maximum atomic E-state index is 12.4. The van der Waals surface area contributed by atoms with Crippen molar-refractivity contribution in [1.29, 1.82) is 0 Å². The van der Waals surface area contributed by atoms with Gasteiger partial charge in [-0.3, -0.25) is 4.57 Å². The second-order valence-corrected chi connectivity index (χ2v) is 3.19. The first-order valence-electron chi connectivity index (χ1n) is 4.07. The third-order valence-corrected chi connectivity index (χ3v) is 1.91. The molecule has 0 aliphatic heterocycles. The van der Waals surface area contributed by atoms with Crippen molar-refractivity contribution >= 4 is 11.6 Å². The van der Waals surface area contributed by atoms with Crippen LogP contribution in [-0.2, 0) is 6.18 Å². The number of nitrogens with zero attached hydrogens (tertiary/aromatic N) is 4. The number of aromatic nitrogens is 4. The Kier molecular flexibility index (Phi) is 2.55. The number of hydrogen-bond donors (Lipinski definition) is 0. The lowest BCUT2D eigenvalue weighted by atomic mass is 10.4. The van der Waals surface area contributed by atoms with Gasteiger partial charge in [0, 0.05) is 18.5 Å². The zero-order chi connectivity index (χ0) is 11.8. The van der Waals surface area contributed by atoms with E-state index in [1.807, 2.05) is 0 Å². The molecule has 0 saturated heterocycles. The summed E-state index contributed by atoms with van der Waals surface area (Å²) >= 11 is 5.42. The molecule has 0 aliphatic carbocycles. The second-order valence-electron chi connectivity index (χ2n) is 2.85. The van der Waals surface area contributed by atoms with Gasteiger partial charge in [0.1, 0.15) is 12.1 Å². The first-order chi connectivity index (χ1) is 7.47. The molecular formula is C8H4ClF3N4. The van der Waals surface area contributed by atoms with Gasteiger partial charge in [0.2, 0.25) is 5.28 Å². The largest absolute Gasteiger partial charge is 0.433 e. The lowest BCUT2D eigenvalue weighted by Crippen LogP contribution is -2.10. The zero-order valence-corrected chi connectivity index (χ0v) is 8.37. The highest BCUT2D eigenvalue weighted by atomic mass is 35.5. The summed E-state index contributed by atoms with van der Waals surface area (Å²) in [6.07, 6.45) is -0.358. The molecule has 0 bridgehead atoms. The third-order valence-electron chi connectivity index (χ3n) is 1.74. The van der Waals surface area contributed by atoms with Crippen LogP contribution in [0, 0.1) is 0 Å². The molecular weight excluding hydrogens is 245 g/mol. The summed E-state index contributed by atoms with van der Waals surface area (Å²) in [7, 11) is 0. The molecule has 0 atom stereocenters. The molecule has 2 aromatic heterocycles. The van der Waals surface area contributed by atoms with E-state index in [0.717, 1.165) is 6.07 Å². The predicted molar refractivity (Wildman–Crippen MR) is 49.2 cm³/mol. The van der Waals surface area contributed by atoms with Crippen molar-refractivity contribution in [1.82, 2.24) is 19.5 Å². The number of imidazole rings is 1. The Morgan fingerprint density at radius 1 is 1.25 bits per heavy atom. The molecule has 0 saturated carbocycles. The van der Waals surface area contributed by atoms with E-state index < -0.39 is 17.2 Å². The van der Waals surface area contributed by atoms with E-state index in [4.69, 9.17) is 11.6 Å². The molecule has 2 rings (SSSR count). The minimum Gasteiger partial charge on any atom is -0.290 e. The molecule has 16 heavy (non-hydrogen) atoms. The average Bonchev–Trinajstić information content (AvgIpc) is 2.68. The molecule has 4 nitrogen and oxygen atoms in total. The molecule has 8 heteroatoms. The summed E-state index contributed by atoms with van der Waals surface area (Å²) in [5.41, 5.74) is -1.09. The van der Waals surface area contributed by atoms with Crippen LogP contribution in [0.2, 0.25) is 5.28 Å². The zero-order valence-electron chi connectivity index (χ0n) is 7.61. The van der Waals surface area contributed by atoms with Crippen molar-refractivity contribution in [2.45, 2.75) is 6.18 Å². The molecule has 2 heterocycles. The lowest BCUT2D eigenvalue weighted by molar-refractivity contribution is -0.141. The topological polar surface area (TPSA) is 43.6 Å². The van der Waals surface area contributed by atoms with Crippen molar-refractivity contribution in [2.75, 3.05) is 0 Å². The summed E-state index contributed by atoms with van der Waals surface area (Å²) in [6, 6.07) is 0.799. The lowest BCUT2D eigenvalue weighted by Gasteiger charge is -2.08. The Morgan fingerprint density at radius 2 is 2.00 bits per heavy atom. The van der Waals surface area contributed by atoms with E-state index in [-0.39, 0.29) is 5.82 Å². The van der Waals surface area contributed by atoms with Crippen LogP contribution in [0.5, 0.6) is 0 Å². The first-order valence-corrected chi connectivity index (χ1v) is 4.45. The summed E-state index contributed by atoms with van der Waals surface area (Å²) < 4.78 is 38.6. The summed E-state index contributed by atoms with van der Waals surface area (Å²) in [5.74, 6) is 0.0184. The summed E-state index contributed by atoms with van der Waals surface area (Å²) in [4.78, 5) is 10.5. The highest BCUT2D eigenvalue weighted by Gasteiger charge is 2.33. The predicted octanol–water partition coefficient (Wildman–Crippen LogP) is 2.33. The molecule has 0 N–H and O–H groups in total. The van der Waals surface area contributed by atoms with Gasteiger partial charge >= 0.3 is 6.18 Å². The van der Waals surface area contributed by atoms with Crippen LogP contribution in [0.4, 0.5) is 13.2 Å². The van der Waals surface area contributed by atoms with Crippen molar-refractivity contribution in [2.24, 2.45) is 0 Å². The molecule has 0 fully saturated rings. The van der Waals surface area contributed by atoms with Gasteiger partial charge in [-0.1, -0.05) is 0 Å². The van der Waals surface area contributed by atoms with Gasteiger partial charge in [0.25, 0.3) is 0 Å². The minimum absolute atomic E-state index is 0.0184. The van der Waals surface area contributed by atoms with Crippen LogP contribution in [0.25, 0.3) is 5.82 Å². The normalized spacial score (nSPS) is 11.8. The molecule has 0 aromatic carbocycles. The van der Waals surface area contributed by atoms with E-state index in [0.29, 0.717) is 0 Å². The van der Waals surface area contributed by atoms with Crippen LogP contribution in [-0.4, -0.2) is 19.5 Å². The average molecular weight is 249 g/mol. The van der Waals surface area contributed by atoms with E-state index in [2.05, 4.69) is 15.0 Å². The van der Waals surface area contributed by atoms with Gasteiger partial charge in [0.15, 0.2) is 5.69 Å². The van der Waals surface area contributed by atoms with E-state index in [1.54, 1.807) is 0 Å². The van der Waals surface area contributed by atoms with Gasteiger partial charge in [-0.2, -0.15) is 18.2 Å². The van der Waals surface area contributed by atoms with Gasteiger partial charge < -0.3 is 0 Å². The van der Waals surface area contributed by atoms with Gasteiger partial charge in [-0.05, 0) is 11.6 Å².